The minimum absolute atomic E-state index is 0.212. The van der Waals surface area contributed by atoms with Crippen LogP contribution >= 0.6 is 23.1 Å². The average molecular weight is 464 g/mol. The molecular weight excluding hydrogens is 450 g/mol. The molecule has 0 amide bonds. The second-order valence-electron chi connectivity index (χ2n) is 5.96. The number of halogens is 6. The van der Waals surface area contributed by atoms with Gasteiger partial charge in [0.2, 0.25) is 0 Å². The summed E-state index contributed by atoms with van der Waals surface area (Å²) >= 11 is 2.78. The Kier molecular flexibility index (Phi) is 6.61. The molecule has 0 fully saturated rings. The highest BCUT2D eigenvalue weighted by atomic mass is 32.2. The number of hydrogen-bond donors (Lipinski definition) is 0. The van der Waals surface area contributed by atoms with E-state index in [2.05, 4.69) is 14.7 Å². The molecular formula is C19H14F6N2OS2. The standard InChI is InChI=1S/C19H14F6N2OS2/c1-2-29-17-15(30-16(27-17)11-3-5-12(20)6-4-11)14-8-7-13(9-26-14)28-10-18(21,22)19(23,24)25/h3-9H,2,10H2,1H3. The number of aromatic nitrogens is 2. The molecule has 0 atom stereocenters. The smallest absolute Gasteiger partial charge is 0.456 e. The SMILES string of the molecule is CCSc1nc(-c2ccc(F)cc2)sc1-c1ccc(OCC(F)(F)C(F)(F)F)cn1. The summed E-state index contributed by atoms with van der Waals surface area (Å²) in [5.41, 5.74) is 1.19. The van der Waals surface area contributed by atoms with Gasteiger partial charge in [0.1, 0.15) is 21.6 Å². The van der Waals surface area contributed by atoms with Crippen molar-refractivity contribution in [3.63, 3.8) is 0 Å². The maximum Gasteiger partial charge on any atom is 0.456 e. The highest BCUT2D eigenvalue weighted by Crippen LogP contribution is 2.40. The van der Waals surface area contributed by atoms with Crippen molar-refractivity contribution in [3.8, 4) is 26.9 Å². The molecule has 0 N–H and O–H groups in total. The fourth-order valence-electron chi connectivity index (χ4n) is 2.27. The van der Waals surface area contributed by atoms with Crippen molar-refractivity contribution >= 4 is 23.1 Å². The van der Waals surface area contributed by atoms with Gasteiger partial charge < -0.3 is 4.74 Å². The fraction of sp³-hybridized carbons (Fsp3) is 0.263. The maximum atomic E-state index is 13.2. The summed E-state index contributed by atoms with van der Waals surface area (Å²) in [5.74, 6) is -4.81. The summed E-state index contributed by atoms with van der Waals surface area (Å²) in [6, 6.07) is 8.58. The molecule has 0 saturated heterocycles. The summed E-state index contributed by atoms with van der Waals surface area (Å²) in [7, 11) is 0. The second-order valence-corrected chi connectivity index (χ2v) is 8.22. The molecule has 0 aliphatic heterocycles. The summed E-state index contributed by atoms with van der Waals surface area (Å²) in [6.45, 7) is 0.111. The first kappa shape index (κ1) is 22.4. The molecule has 0 saturated carbocycles. The zero-order valence-electron chi connectivity index (χ0n) is 15.3. The molecule has 3 nitrogen and oxygen atoms in total. The Morgan fingerprint density at radius 2 is 1.73 bits per heavy atom. The van der Waals surface area contributed by atoms with E-state index in [4.69, 9.17) is 0 Å². The third-order valence-electron chi connectivity index (χ3n) is 3.77. The van der Waals surface area contributed by atoms with Gasteiger partial charge >= 0.3 is 12.1 Å². The first-order chi connectivity index (χ1) is 14.1. The van der Waals surface area contributed by atoms with Crippen LogP contribution in [0.2, 0.25) is 0 Å². The Bertz CT molecular complexity index is 988. The van der Waals surface area contributed by atoms with E-state index in [9.17, 15) is 26.3 Å². The summed E-state index contributed by atoms with van der Waals surface area (Å²) in [6.07, 6.45) is -4.61. The quantitative estimate of drug-likeness (QED) is 0.288. The monoisotopic (exact) mass is 464 g/mol. The molecule has 0 unspecified atom stereocenters. The molecule has 0 aliphatic rings. The van der Waals surface area contributed by atoms with E-state index < -0.39 is 18.7 Å². The number of pyridine rings is 1. The van der Waals surface area contributed by atoms with Gasteiger partial charge in [0.25, 0.3) is 0 Å². The second kappa shape index (κ2) is 8.84. The molecule has 2 heterocycles. The molecule has 3 rings (SSSR count). The van der Waals surface area contributed by atoms with Gasteiger partial charge in [-0.1, -0.05) is 6.92 Å². The Balaban J connectivity index is 1.82. The van der Waals surface area contributed by atoms with Crippen LogP contribution in [-0.2, 0) is 0 Å². The van der Waals surface area contributed by atoms with Crippen molar-refractivity contribution in [3.05, 3.63) is 48.4 Å². The van der Waals surface area contributed by atoms with Gasteiger partial charge in [-0.15, -0.1) is 23.1 Å². The number of benzene rings is 1. The molecule has 0 radical (unpaired) electrons. The highest BCUT2D eigenvalue weighted by molar-refractivity contribution is 7.99. The normalized spacial score (nSPS) is 12.2. The fourth-order valence-corrected chi connectivity index (χ4v) is 4.24. The van der Waals surface area contributed by atoms with Gasteiger partial charge in [-0.05, 0) is 42.2 Å². The van der Waals surface area contributed by atoms with Crippen molar-refractivity contribution in [1.82, 2.24) is 9.97 Å². The first-order valence-corrected chi connectivity index (χ1v) is 10.3. The molecule has 0 bridgehead atoms. The average Bonchev–Trinajstić information content (AvgIpc) is 3.11. The van der Waals surface area contributed by atoms with Crippen LogP contribution in [0.25, 0.3) is 21.1 Å². The number of nitrogens with zero attached hydrogens (tertiary/aromatic N) is 2. The topological polar surface area (TPSA) is 35.0 Å². The summed E-state index contributed by atoms with van der Waals surface area (Å²) in [4.78, 5) is 9.38. The van der Waals surface area contributed by atoms with Gasteiger partial charge in [-0.2, -0.15) is 22.0 Å². The Morgan fingerprint density at radius 1 is 1.03 bits per heavy atom. The van der Waals surface area contributed by atoms with Crippen LogP contribution in [-0.4, -0.2) is 34.4 Å². The largest absolute Gasteiger partial charge is 0.485 e. The Labute approximate surface area is 176 Å². The molecule has 0 aliphatic carbocycles. The van der Waals surface area contributed by atoms with Crippen LogP contribution in [0.1, 0.15) is 6.92 Å². The van der Waals surface area contributed by atoms with Crippen LogP contribution in [0.3, 0.4) is 0 Å². The third-order valence-corrected chi connectivity index (χ3v) is 5.89. The first-order valence-electron chi connectivity index (χ1n) is 8.54. The molecule has 11 heteroatoms. The lowest BCUT2D eigenvalue weighted by Crippen LogP contribution is -2.41. The van der Waals surface area contributed by atoms with Crippen molar-refractivity contribution in [2.45, 2.75) is 24.0 Å². The van der Waals surface area contributed by atoms with E-state index in [0.29, 0.717) is 20.6 Å². The molecule has 160 valence electrons. The van der Waals surface area contributed by atoms with Gasteiger partial charge in [-0.3, -0.25) is 4.98 Å². The zero-order chi connectivity index (χ0) is 21.9. The Morgan fingerprint density at radius 3 is 2.30 bits per heavy atom. The highest BCUT2D eigenvalue weighted by Gasteiger charge is 2.58. The van der Waals surface area contributed by atoms with Crippen molar-refractivity contribution in [2.24, 2.45) is 0 Å². The maximum absolute atomic E-state index is 13.2. The lowest BCUT2D eigenvalue weighted by molar-refractivity contribution is -0.290. The number of ether oxygens (including phenoxy) is 1. The molecule has 3 aromatic rings. The predicted octanol–water partition coefficient (Wildman–Crippen LogP) is 6.70. The van der Waals surface area contributed by atoms with Crippen LogP contribution < -0.4 is 4.74 Å². The van der Waals surface area contributed by atoms with Crippen molar-refractivity contribution in [2.75, 3.05) is 12.4 Å². The van der Waals surface area contributed by atoms with E-state index in [1.807, 2.05) is 6.92 Å². The lowest BCUT2D eigenvalue weighted by Gasteiger charge is -2.19. The van der Waals surface area contributed by atoms with E-state index >= 15 is 0 Å². The number of rotatable bonds is 7. The molecule has 1 aromatic carbocycles. The minimum Gasteiger partial charge on any atom is -0.485 e. The third kappa shape index (κ3) is 5.07. The van der Waals surface area contributed by atoms with E-state index in [-0.39, 0.29) is 11.6 Å². The van der Waals surface area contributed by atoms with Gasteiger partial charge in [0, 0.05) is 5.56 Å². The van der Waals surface area contributed by atoms with Crippen LogP contribution in [0.5, 0.6) is 5.75 Å². The van der Waals surface area contributed by atoms with Crippen LogP contribution in [0, 0.1) is 5.82 Å². The zero-order valence-corrected chi connectivity index (χ0v) is 17.0. The molecule has 30 heavy (non-hydrogen) atoms. The summed E-state index contributed by atoms with van der Waals surface area (Å²) < 4.78 is 80.4. The number of alkyl halides is 5. The van der Waals surface area contributed by atoms with E-state index in [0.717, 1.165) is 17.5 Å². The van der Waals surface area contributed by atoms with Crippen molar-refractivity contribution < 1.29 is 31.1 Å². The minimum atomic E-state index is -5.69. The van der Waals surface area contributed by atoms with Gasteiger partial charge in [0.05, 0.1) is 16.8 Å². The van der Waals surface area contributed by atoms with Crippen LogP contribution in [0.15, 0.2) is 47.6 Å². The summed E-state index contributed by atoms with van der Waals surface area (Å²) in [5, 5.41) is 1.33. The molecule has 0 spiro atoms. The number of hydrogen-bond acceptors (Lipinski definition) is 5. The van der Waals surface area contributed by atoms with E-state index in [1.54, 1.807) is 12.1 Å². The number of thiazole rings is 1. The van der Waals surface area contributed by atoms with Crippen LogP contribution in [0.4, 0.5) is 26.3 Å². The van der Waals surface area contributed by atoms with Gasteiger partial charge in [0.15, 0.2) is 6.61 Å². The lowest BCUT2D eigenvalue weighted by atomic mass is 10.2. The predicted molar refractivity (Wildman–Crippen MR) is 104 cm³/mol. The van der Waals surface area contributed by atoms with E-state index in [1.165, 1.54) is 47.4 Å². The van der Waals surface area contributed by atoms with Gasteiger partial charge in [-0.25, -0.2) is 9.37 Å². The molecule has 2 aromatic heterocycles. The Hall–Kier alpha value is -2.27. The number of thioether (sulfide) groups is 1. The van der Waals surface area contributed by atoms with Crippen molar-refractivity contribution in [1.29, 1.82) is 0 Å².